The van der Waals surface area contributed by atoms with E-state index >= 15 is 0 Å². The van der Waals surface area contributed by atoms with Gasteiger partial charge in [-0.1, -0.05) is 25.4 Å². The third kappa shape index (κ3) is 5.92. The number of anilines is 2. The Bertz CT molecular complexity index is 840. The predicted molar refractivity (Wildman–Crippen MR) is 105 cm³/mol. The zero-order valence-electron chi connectivity index (χ0n) is 15.8. The highest BCUT2D eigenvalue weighted by atomic mass is 35.5. The second kappa shape index (κ2) is 9.32. The molecule has 0 saturated carbocycles. The van der Waals surface area contributed by atoms with E-state index in [-0.39, 0.29) is 11.6 Å². The summed E-state index contributed by atoms with van der Waals surface area (Å²) in [5.41, 5.74) is 1.08. The molecule has 0 unspecified atom stereocenters. The Kier molecular flexibility index (Phi) is 7.12. The maximum absolute atomic E-state index is 12.3. The fourth-order valence-corrected chi connectivity index (χ4v) is 2.48. The SMILES string of the molecule is COC(=O)c1ccc(Cl)c(Nc2cc(C(=O)NCCC(C)C)nc(C)n2)c1. The first-order chi connectivity index (χ1) is 12.8. The first-order valence-electron chi connectivity index (χ1n) is 8.59. The average molecular weight is 391 g/mol. The van der Waals surface area contributed by atoms with E-state index in [1.54, 1.807) is 31.2 Å². The molecule has 0 saturated heterocycles. The van der Waals surface area contributed by atoms with E-state index in [0.29, 0.717) is 40.4 Å². The van der Waals surface area contributed by atoms with Gasteiger partial charge >= 0.3 is 5.97 Å². The summed E-state index contributed by atoms with van der Waals surface area (Å²) in [6, 6.07) is 6.26. The minimum Gasteiger partial charge on any atom is -0.465 e. The van der Waals surface area contributed by atoms with Gasteiger partial charge in [-0.05, 0) is 37.5 Å². The molecule has 0 fully saturated rings. The van der Waals surface area contributed by atoms with Crippen molar-refractivity contribution in [3.63, 3.8) is 0 Å². The number of halogens is 1. The molecule has 0 aliphatic heterocycles. The van der Waals surface area contributed by atoms with E-state index in [2.05, 4.69) is 34.4 Å². The van der Waals surface area contributed by atoms with E-state index in [9.17, 15) is 9.59 Å². The van der Waals surface area contributed by atoms with Crippen molar-refractivity contribution >= 4 is 35.0 Å². The van der Waals surface area contributed by atoms with E-state index in [1.165, 1.54) is 7.11 Å². The molecule has 1 heterocycles. The van der Waals surface area contributed by atoms with Crippen LogP contribution in [-0.4, -0.2) is 35.5 Å². The Hall–Kier alpha value is -2.67. The lowest BCUT2D eigenvalue weighted by Crippen LogP contribution is -2.26. The Morgan fingerprint density at radius 3 is 2.63 bits per heavy atom. The Labute approximate surface area is 163 Å². The number of rotatable bonds is 7. The molecular weight excluding hydrogens is 368 g/mol. The standard InChI is InChI=1S/C19H23ClN4O3/c1-11(2)7-8-21-18(25)16-10-17(23-12(3)22-16)24-15-9-13(19(26)27-4)5-6-14(15)20/h5-6,9-11H,7-8H2,1-4H3,(H,21,25)(H,22,23,24). The summed E-state index contributed by atoms with van der Waals surface area (Å²) in [6.07, 6.45) is 0.886. The number of nitrogens with one attached hydrogen (secondary N) is 2. The largest absolute Gasteiger partial charge is 0.465 e. The van der Waals surface area contributed by atoms with E-state index in [0.717, 1.165) is 6.42 Å². The second-order valence-electron chi connectivity index (χ2n) is 6.44. The van der Waals surface area contributed by atoms with Crippen molar-refractivity contribution in [1.82, 2.24) is 15.3 Å². The van der Waals surface area contributed by atoms with Gasteiger partial charge in [0, 0.05) is 12.6 Å². The third-order valence-corrected chi connectivity index (χ3v) is 4.06. The van der Waals surface area contributed by atoms with Gasteiger partial charge in [0.15, 0.2) is 0 Å². The lowest BCUT2D eigenvalue weighted by Gasteiger charge is -2.11. The maximum Gasteiger partial charge on any atom is 0.337 e. The number of benzene rings is 1. The summed E-state index contributed by atoms with van der Waals surface area (Å²) in [7, 11) is 1.31. The zero-order chi connectivity index (χ0) is 20.0. The number of hydrogen-bond donors (Lipinski definition) is 2. The summed E-state index contributed by atoms with van der Waals surface area (Å²) < 4.78 is 4.72. The smallest absolute Gasteiger partial charge is 0.337 e. The van der Waals surface area contributed by atoms with Gasteiger partial charge in [-0.25, -0.2) is 14.8 Å². The van der Waals surface area contributed by atoms with Gasteiger partial charge in [-0.3, -0.25) is 4.79 Å². The molecular formula is C19H23ClN4O3. The van der Waals surface area contributed by atoms with Crippen LogP contribution in [0.5, 0.6) is 0 Å². The second-order valence-corrected chi connectivity index (χ2v) is 6.84. The number of nitrogens with zero attached hydrogens (tertiary/aromatic N) is 2. The number of ether oxygens (including phenoxy) is 1. The molecule has 0 bridgehead atoms. The van der Waals surface area contributed by atoms with Crippen LogP contribution in [0.4, 0.5) is 11.5 Å². The first kappa shape index (κ1) is 20.6. The van der Waals surface area contributed by atoms with Gasteiger partial charge < -0.3 is 15.4 Å². The van der Waals surface area contributed by atoms with Gasteiger partial charge in [0.2, 0.25) is 0 Å². The minimum absolute atomic E-state index is 0.258. The van der Waals surface area contributed by atoms with Gasteiger partial charge in [0.25, 0.3) is 5.91 Å². The molecule has 1 amide bonds. The molecule has 2 aromatic rings. The molecule has 27 heavy (non-hydrogen) atoms. The molecule has 0 aliphatic carbocycles. The topological polar surface area (TPSA) is 93.2 Å². The number of hydrogen-bond acceptors (Lipinski definition) is 6. The number of carbonyl (C=O) groups is 2. The Morgan fingerprint density at radius 2 is 1.96 bits per heavy atom. The van der Waals surface area contributed by atoms with E-state index < -0.39 is 5.97 Å². The van der Waals surface area contributed by atoms with E-state index in [4.69, 9.17) is 16.3 Å². The van der Waals surface area contributed by atoms with Crippen molar-refractivity contribution < 1.29 is 14.3 Å². The molecule has 2 rings (SSSR count). The third-order valence-electron chi connectivity index (χ3n) is 3.73. The molecule has 2 N–H and O–H groups in total. The molecule has 1 aromatic heterocycles. The van der Waals surface area contributed by atoms with Crippen LogP contribution >= 0.6 is 11.6 Å². The van der Waals surface area contributed by atoms with Crippen LogP contribution in [0.15, 0.2) is 24.3 Å². The van der Waals surface area contributed by atoms with Crippen molar-refractivity contribution in [1.29, 1.82) is 0 Å². The quantitative estimate of drug-likeness (QED) is 0.699. The molecule has 7 nitrogen and oxygen atoms in total. The summed E-state index contributed by atoms with van der Waals surface area (Å²) in [5.74, 6) is 0.603. The normalized spacial score (nSPS) is 10.6. The van der Waals surface area contributed by atoms with Crippen molar-refractivity contribution in [3.05, 3.63) is 46.4 Å². The van der Waals surface area contributed by atoms with Crippen molar-refractivity contribution in [2.75, 3.05) is 19.0 Å². The molecule has 0 atom stereocenters. The summed E-state index contributed by atoms with van der Waals surface area (Å²) in [6.45, 7) is 6.46. The highest BCUT2D eigenvalue weighted by Gasteiger charge is 2.13. The van der Waals surface area contributed by atoms with Crippen LogP contribution < -0.4 is 10.6 Å². The maximum atomic E-state index is 12.3. The number of amides is 1. The molecule has 0 spiro atoms. The van der Waals surface area contributed by atoms with Crippen molar-refractivity contribution in [3.8, 4) is 0 Å². The summed E-state index contributed by atoms with van der Waals surface area (Å²) in [4.78, 5) is 32.5. The lowest BCUT2D eigenvalue weighted by molar-refractivity contribution is 0.0600. The predicted octanol–water partition coefficient (Wildman–Crippen LogP) is 3.74. The first-order valence-corrected chi connectivity index (χ1v) is 8.96. The Morgan fingerprint density at radius 1 is 1.22 bits per heavy atom. The van der Waals surface area contributed by atoms with E-state index in [1.807, 2.05) is 0 Å². The van der Waals surface area contributed by atoms with Gasteiger partial charge in [0.1, 0.15) is 17.3 Å². The highest BCUT2D eigenvalue weighted by molar-refractivity contribution is 6.33. The van der Waals surface area contributed by atoms with Crippen LogP contribution in [0.1, 0.15) is 46.9 Å². The fourth-order valence-electron chi connectivity index (χ4n) is 2.32. The summed E-state index contributed by atoms with van der Waals surface area (Å²) in [5, 5.41) is 6.28. The average Bonchev–Trinajstić information content (AvgIpc) is 2.62. The Balaban J connectivity index is 2.21. The molecule has 8 heteroatoms. The fraction of sp³-hybridized carbons (Fsp3) is 0.368. The number of aromatic nitrogens is 2. The monoisotopic (exact) mass is 390 g/mol. The zero-order valence-corrected chi connectivity index (χ0v) is 16.6. The minimum atomic E-state index is -0.473. The van der Waals surface area contributed by atoms with Crippen LogP contribution in [-0.2, 0) is 4.74 Å². The number of carbonyl (C=O) groups excluding carboxylic acids is 2. The van der Waals surface area contributed by atoms with Crippen molar-refractivity contribution in [2.24, 2.45) is 5.92 Å². The van der Waals surface area contributed by atoms with Crippen LogP contribution in [0.25, 0.3) is 0 Å². The highest BCUT2D eigenvalue weighted by Crippen LogP contribution is 2.26. The van der Waals surface area contributed by atoms with Gasteiger partial charge in [0.05, 0.1) is 23.4 Å². The molecule has 1 aromatic carbocycles. The van der Waals surface area contributed by atoms with Gasteiger partial charge in [-0.15, -0.1) is 0 Å². The van der Waals surface area contributed by atoms with Crippen LogP contribution in [0.3, 0.4) is 0 Å². The number of methoxy groups -OCH3 is 1. The number of esters is 1. The van der Waals surface area contributed by atoms with Crippen molar-refractivity contribution in [2.45, 2.75) is 27.2 Å². The van der Waals surface area contributed by atoms with Crippen LogP contribution in [0.2, 0.25) is 5.02 Å². The van der Waals surface area contributed by atoms with Gasteiger partial charge in [-0.2, -0.15) is 0 Å². The number of aryl methyl sites for hydroxylation is 1. The molecule has 144 valence electrons. The van der Waals surface area contributed by atoms with Crippen LogP contribution in [0, 0.1) is 12.8 Å². The molecule has 0 radical (unpaired) electrons. The summed E-state index contributed by atoms with van der Waals surface area (Å²) >= 11 is 6.20. The molecule has 0 aliphatic rings. The lowest BCUT2D eigenvalue weighted by atomic mass is 10.1.